The van der Waals surface area contributed by atoms with Crippen LogP contribution >= 0.6 is 0 Å². The van der Waals surface area contributed by atoms with Crippen molar-refractivity contribution in [1.29, 1.82) is 0 Å². The van der Waals surface area contributed by atoms with E-state index in [1.54, 1.807) is 0 Å². The molecule has 0 aliphatic heterocycles. The lowest BCUT2D eigenvalue weighted by Crippen LogP contribution is -2.15. The van der Waals surface area contributed by atoms with E-state index >= 15 is 0 Å². The third-order valence-electron chi connectivity index (χ3n) is 9.75. The Morgan fingerprint density at radius 2 is 1.02 bits per heavy atom. The molecule has 0 fully saturated rings. The van der Waals surface area contributed by atoms with E-state index in [1.807, 2.05) is 66.9 Å². The van der Waals surface area contributed by atoms with Crippen LogP contribution in [0.4, 0.5) is 0 Å². The summed E-state index contributed by atoms with van der Waals surface area (Å²) in [6, 6.07) is 53.0. The van der Waals surface area contributed by atoms with Crippen LogP contribution in [0, 0.1) is 0 Å². The van der Waals surface area contributed by atoms with Crippen LogP contribution in [0.15, 0.2) is 158 Å². The lowest BCUT2D eigenvalue weighted by Gasteiger charge is -2.23. The predicted octanol–water partition coefficient (Wildman–Crippen LogP) is 11.1. The number of rotatable bonds is 5. The second-order valence-corrected chi connectivity index (χ2v) is 13.1. The number of pyridine rings is 1. The Kier molecular flexibility index (Phi) is 6.77. The highest BCUT2D eigenvalue weighted by atomic mass is 15.0. The normalized spacial score (nSPS) is 12.9. The van der Waals surface area contributed by atoms with Gasteiger partial charge in [-0.3, -0.25) is 4.98 Å². The average molecular weight is 629 g/mol. The number of fused-ring (bicyclic) bond motifs is 5. The van der Waals surface area contributed by atoms with Crippen LogP contribution in [0.2, 0.25) is 0 Å². The molecule has 1 aliphatic carbocycles. The molecule has 0 spiro atoms. The summed E-state index contributed by atoms with van der Waals surface area (Å²) in [5.41, 5.74) is 12.2. The first-order chi connectivity index (χ1) is 24.0. The molecular weight excluding hydrogens is 597 g/mol. The van der Waals surface area contributed by atoms with E-state index < -0.39 is 0 Å². The fraction of sp³-hybridized carbons (Fsp3) is 0.0667. The second-order valence-electron chi connectivity index (χ2n) is 13.1. The zero-order valence-electron chi connectivity index (χ0n) is 27.3. The van der Waals surface area contributed by atoms with E-state index in [0.717, 1.165) is 33.5 Å². The Bertz CT molecular complexity index is 2500. The van der Waals surface area contributed by atoms with Gasteiger partial charge in [-0.15, -0.1) is 0 Å². The van der Waals surface area contributed by atoms with Gasteiger partial charge in [0.25, 0.3) is 0 Å². The van der Waals surface area contributed by atoms with Crippen molar-refractivity contribution in [1.82, 2.24) is 19.9 Å². The largest absolute Gasteiger partial charge is 0.255 e. The number of aromatic nitrogens is 4. The molecule has 0 atom stereocenters. The number of hydrogen-bond acceptors (Lipinski definition) is 4. The van der Waals surface area contributed by atoms with Crippen LogP contribution < -0.4 is 0 Å². The molecule has 9 rings (SSSR count). The molecule has 49 heavy (non-hydrogen) atoms. The molecule has 2 heterocycles. The molecule has 8 aromatic rings. The second kappa shape index (κ2) is 11.5. The number of hydrogen-bond donors (Lipinski definition) is 0. The molecule has 0 amide bonds. The SMILES string of the molecule is CC1(C)c2cc(-c3cccc(-c4nc(-c5ccccc5)nc(-c5ccc(-c6ccccc6)nc5)n4)c3)ccc2-c2ccc3ccccc3c21. The standard InChI is InChI=1S/C45H32N4/c1-45(2)39-27-33(21-23-37(39)38-24-20-29-12-9-10-19-36(29)41(38)45)32-17-11-18-34(26-32)43-47-42(31-15-7-4-8-16-31)48-44(49-43)35-22-25-40(46-28-35)30-13-5-3-6-14-30/h3-28H,1-2H3. The minimum atomic E-state index is -0.128. The van der Waals surface area contributed by atoms with Gasteiger partial charge >= 0.3 is 0 Å². The van der Waals surface area contributed by atoms with Crippen molar-refractivity contribution in [3.8, 4) is 67.7 Å². The van der Waals surface area contributed by atoms with E-state index in [2.05, 4.69) is 105 Å². The molecule has 1 aliphatic rings. The molecule has 0 saturated carbocycles. The zero-order valence-corrected chi connectivity index (χ0v) is 27.3. The monoisotopic (exact) mass is 628 g/mol. The van der Waals surface area contributed by atoms with Gasteiger partial charge in [0.05, 0.1) is 5.69 Å². The van der Waals surface area contributed by atoms with Crippen molar-refractivity contribution in [3.05, 3.63) is 169 Å². The smallest absolute Gasteiger partial charge is 0.165 e. The summed E-state index contributed by atoms with van der Waals surface area (Å²) in [4.78, 5) is 19.7. The summed E-state index contributed by atoms with van der Waals surface area (Å²) in [6.45, 7) is 4.70. The summed E-state index contributed by atoms with van der Waals surface area (Å²) in [5, 5.41) is 2.61. The Balaban J connectivity index is 1.12. The van der Waals surface area contributed by atoms with Crippen molar-refractivity contribution in [2.24, 2.45) is 0 Å². The van der Waals surface area contributed by atoms with Crippen LogP contribution in [0.3, 0.4) is 0 Å². The van der Waals surface area contributed by atoms with Crippen molar-refractivity contribution in [3.63, 3.8) is 0 Å². The summed E-state index contributed by atoms with van der Waals surface area (Å²) >= 11 is 0. The Hall–Kier alpha value is -6.26. The van der Waals surface area contributed by atoms with E-state index in [-0.39, 0.29) is 5.41 Å². The maximum atomic E-state index is 5.01. The first-order valence-corrected chi connectivity index (χ1v) is 16.6. The fourth-order valence-corrected chi connectivity index (χ4v) is 7.27. The Morgan fingerprint density at radius 1 is 0.429 bits per heavy atom. The molecule has 0 saturated heterocycles. The lowest BCUT2D eigenvalue weighted by molar-refractivity contribution is 0.666. The fourth-order valence-electron chi connectivity index (χ4n) is 7.27. The molecule has 4 nitrogen and oxygen atoms in total. The van der Waals surface area contributed by atoms with Gasteiger partial charge in [0.2, 0.25) is 0 Å². The molecule has 4 heteroatoms. The molecule has 0 unspecified atom stereocenters. The van der Waals surface area contributed by atoms with Gasteiger partial charge < -0.3 is 0 Å². The summed E-state index contributed by atoms with van der Waals surface area (Å²) in [5.74, 6) is 1.84. The van der Waals surface area contributed by atoms with Crippen molar-refractivity contribution in [2.45, 2.75) is 19.3 Å². The molecule has 0 N–H and O–H groups in total. The number of nitrogens with zero attached hydrogens (tertiary/aromatic N) is 4. The van der Waals surface area contributed by atoms with E-state index in [1.165, 1.54) is 38.6 Å². The summed E-state index contributed by atoms with van der Waals surface area (Å²) in [7, 11) is 0. The highest BCUT2D eigenvalue weighted by Gasteiger charge is 2.37. The van der Waals surface area contributed by atoms with Crippen LogP contribution in [0.5, 0.6) is 0 Å². The van der Waals surface area contributed by atoms with Gasteiger partial charge in [-0.1, -0.05) is 141 Å². The van der Waals surface area contributed by atoms with Gasteiger partial charge in [-0.25, -0.2) is 15.0 Å². The van der Waals surface area contributed by atoms with E-state index in [9.17, 15) is 0 Å². The molecular formula is C45H32N4. The first-order valence-electron chi connectivity index (χ1n) is 16.6. The van der Waals surface area contributed by atoms with Crippen molar-refractivity contribution in [2.75, 3.05) is 0 Å². The van der Waals surface area contributed by atoms with Crippen LogP contribution in [0.1, 0.15) is 25.0 Å². The quantitative estimate of drug-likeness (QED) is 0.190. The van der Waals surface area contributed by atoms with Gasteiger partial charge in [0.15, 0.2) is 17.5 Å². The third kappa shape index (κ3) is 5.01. The van der Waals surface area contributed by atoms with Gasteiger partial charge in [0, 0.05) is 33.9 Å². The van der Waals surface area contributed by atoms with E-state index in [0.29, 0.717) is 17.5 Å². The summed E-state index contributed by atoms with van der Waals surface area (Å²) in [6.07, 6.45) is 1.85. The molecule has 232 valence electrons. The van der Waals surface area contributed by atoms with Gasteiger partial charge in [-0.05, 0) is 68.4 Å². The molecule has 0 bridgehead atoms. The number of benzene rings is 6. The minimum Gasteiger partial charge on any atom is -0.255 e. The maximum absolute atomic E-state index is 5.01. The third-order valence-corrected chi connectivity index (χ3v) is 9.75. The Morgan fingerprint density at radius 3 is 1.78 bits per heavy atom. The predicted molar refractivity (Wildman–Crippen MR) is 200 cm³/mol. The van der Waals surface area contributed by atoms with Crippen LogP contribution in [0.25, 0.3) is 78.4 Å². The first kappa shape index (κ1) is 28.9. The molecule has 0 radical (unpaired) electrons. The maximum Gasteiger partial charge on any atom is 0.165 e. The van der Waals surface area contributed by atoms with Crippen molar-refractivity contribution < 1.29 is 0 Å². The Labute approximate surface area is 285 Å². The average Bonchev–Trinajstić information content (AvgIpc) is 3.41. The van der Waals surface area contributed by atoms with Crippen LogP contribution in [-0.2, 0) is 5.41 Å². The highest BCUT2D eigenvalue weighted by Crippen LogP contribution is 2.52. The molecule has 6 aromatic carbocycles. The van der Waals surface area contributed by atoms with Crippen LogP contribution in [-0.4, -0.2) is 19.9 Å². The lowest BCUT2D eigenvalue weighted by atomic mass is 9.79. The van der Waals surface area contributed by atoms with Gasteiger partial charge in [-0.2, -0.15) is 0 Å². The van der Waals surface area contributed by atoms with Crippen molar-refractivity contribution >= 4 is 10.8 Å². The van der Waals surface area contributed by atoms with E-state index in [4.69, 9.17) is 19.9 Å². The summed E-state index contributed by atoms with van der Waals surface area (Å²) < 4.78 is 0. The topological polar surface area (TPSA) is 51.6 Å². The molecule has 2 aromatic heterocycles. The zero-order chi connectivity index (χ0) is 33.0. The minimum absolute atomic E-state index is 0.128. The highest BCUT2D eigenvalue weighted by molar-refractivity contribution is 5.98. The van der Waals surface area contributed by atoms with Gasteiger partial charge in [0.1, 0.15) is 0 Å².